The Labute approximate surface area is 171 Å². The Morgan fingerprint density at radius 3 is 2.38 bits per heavy atom. The lowest BCUT2D eigenvalue weighted by atomic mass is 9.87. The highest BCUT2D eigenvalue weighted by Crippen LogP contribution is 2.25. The van der Waals surface area contributed by atoms with Crippen molar-refractivity contribution in [3.8, 4) is 17.1 Å². The van der Waals surface area contributed by atoms with Crippen molar-refractivity contribution in [1.29, 1.82) is 0 Å². The van der Waals surface area contributed by atoms with E-state index in [0.717, 1.165) is 16.9 Å². The minimum atomic E-state index is -0.0601. The minimum absolute atomic E-state index is 0.0601. The Balaban J connectivity index is 1.50. The van der Waals surface area contributed by atoms with Crippen LogP contribution in [-0.2, 0) is 23.2 Å². The van der Waals surface area contributed by atoms with Gasteiger partial charge in [-0.3, -0.25) is 4.79 Å². The summed E-state index contributed by atoms with van der Waals surface area (Å²) in [5, 5.41) is 6.84. The van der Waals surface area contributed by atoms with Gasteiger partial charge in [0.15, 0.2) is 0 Å². The van der Waals surface area contributed by atoms with Crippen LogP contribution >= 0.6 is 0 Å². The molecule has 3 aromatic rings. The van der Waals surface area contributed by atoms with Crippen molar-refractivity contribution in [3.63, 3.8) is 0 Å². The summed E-state index contributed by atoms with van der Waals surface area (Å²) in [6, 6.07) is 15.8. The van der Waals surface area contributed by atoms with E-state index in [-0.39, 0.29) is 17.9 Å². The number of aryl methyl sites for hydroxylation is 1. The molecule has 6 heteroatoms. The van der Waals surface area contributed by atoms with Crippen LogP contribution in [0.1, 0.15) is 44.2 Å². The zero-order valence-corrected chi connectivity index (χ0v) is 17.4. The molecule has 6 nitrogen and oxygen atoms in total. The third kappa shape index (κ3) is 5.67. The van der Waals surface area contributed by atoms with Gasteiger partial charge in [-0.1, -0.05) is 62.3 Å². The van der Waals surface area contributed by atoms with Crippen molar-refractivity contribution in [2.24, 2.45) is 0 Å². The van der Waals surface area contributed by atoms with Gasteiger partial charge in [-0.15, -0.1) is 0 Å². The number of methoxy groups -OCH3 is 1. The highest BCUT2D eigenvalue weighted by molar-refractivity contribution is 5.76. The number of ether oxygens (including phenoxy) is 1. The average Bonchev–Trinajstić information content (AvgIpc) is 3.19. The van der Waals surface area contributed by atoms with Crippen LogP contribution < -0.4 is 10.1 Å². The number of benzene rings is 2. The molecule has 1 N–H and O–H groups in total. The zero-order valence-electron chi connectivity index (χ0n) is 17.4. The molecule has 0 aliphatic heterocycles. The molecule has 0 aliphatic carbocycles. The predicted molar refractivity (Wildman–Crippen MR) is 112 cm³/mol. The number of hydrogen-bond acceptors (Lipinski definition) is 5. The van der Waals surface area contributed by atoms with Gasteiger partial charge in [0.2, 0.25) is 17.6 Å². The Hall–Kier alpha value is -3.15. The molecule has 0 atom stereocenters. The molecule has 3 rings (SSSR count). The van der Waals surface area contributed by atoms with Crippen LogP contribution in [0.15, 0.2) is 53.1 Å². The summed E-state index contributed by atoms with van der Waals surface area (Å²) in [6.07, 6.45) is 1.05. The molecule has 1 aromatic heterocycles. The van der Waals surface area contributed by atoms with Gasteiger partial charge in [0, 0.05) is 12.0 Å². The van der Waals surface area contributed by atoms with Crippen molar-refractivity contribution in [2.75, 3.05) is 7.11 Å². The summed E-state index contributed by atoms with van der Waals surface area (Å²) in [6.45, 7) is 6.73. The highest BCUT2D eigenvalue weighted by atomic mass is 16.5. The molecule has 0 saturated heterocycles. The number of hydrogen-bond donors (Lipinski definition) is 1. The first-order chi connectivity index (χ1) is 13.8. The van der Waals surface area contributed by atoms with Crippen LogP contribution in [0.2, 0.25) is 0 Å². The summed E-state index contributed by atoms with van der Waals surface area (Å²) in [5.74, 6) is 1.65. The van der Waals surface area contributed by atoms with Gasteiger partial charge < -0.3 is 14.6 Å². The van der Waals surface area contributed by atoms with Gasteiger partial charge >= 0.3 is 0 Å². The topological polar surface area (TPSA) is 77.2 Å². The van der Waals surface area contributed by atoms with E-state index in [1.54, 1.807) is 7.11 Å². The van der Waals surface area contributed by atoms with Crippen LogP contribution in [0.4, 0.5) is 0 Å². The molecule has 1 amide bonds. The molecule has 0 radical (unpaired) electrons. The summed E-state index contributed by atoms with van der Waals surface area (Å²) in [7, 11) is 1.63. The van der Waals surface area contributed by atoms with Crippen molar-refractivity contribution < 1.29 is 14.1 Å². The quantitative estimate of drug-likeness (QED) is 0.648. The summed E-state index contributed by atoms with van der Waals surface area (Å²) in [5.41, 5.74) is 3.31. The Kier molecular flexibility index (Phi) is 6.32. The molecular formula is C23H27N3O3. The average molecular weight is 393 g/mol. The van der Waals surface area contributed by atoms with Crippen molar-refractivity contribution >= 4 is 5.91 Å². The molecule has 0 saturated carbocycles. The lowest BCUT2D eigenvalue weighted by Crippen LogP contribution is -2.23. The van der Waals surface area contributed by atoms with Crippen LogP contribution in [-0.4, -0.2) is 23.2 Å². The Bertz CT molecular complexity index is 939. The van der Waals surface area contributed by atoms with E-state index in [2.05, 4.69) is 48.4 Å². The SMILES string of the molecule is COc1ccc(CCC(=O)NCc2nc(-c3ccc(C(C)(C)C)cc3)no2)cc1. The number of carbonyl (C=O) groups is 1. The fourth-order valence-electron chi connectivity index (χ4n) is 2.88. The standard InChI is InChI=1S/C23H27N3O3/c1-23(2,3)18-10-8-17(9-11-18)22-25-21(29-26-22)15-24-20(27)14-7-16-5-12-19(28-4)13-6-16/h5-6,8-13H,7,14-15H2,1-4H3,(H,24,27). The first-order valence-corrected chi connectivity index (χ1v) is 9.68. The molecule has 0 bridgehead atoms. The van der Waals surface area contributed by atoms with Gasteiger partial charge in [0.1, 0.15) is 5.75 Å². The Morgan fingerprint density at radius 2 is 1.76 bits per heavy atom. The summed E-state index contributed by atoms with van der Waals surface area (Å²) < 4.78 is 10.4. The third-order valence-electron chi connectivity index (χ3n) is 4.71. The van der Waals surface area contributed by atoms with Crippen molar-refractivity contribution in [1.82, 2.24) is 15.5 Å². The molecule has 0 fully saturated rings. The summed E-state index contributed by atoms with van der Waals surface area (Å²) in [4.78, 5) is 16.5. The monoisotopic (exact) mass is 393 g/mol. The molecule has 2 aromatic carbocycles. The molecule has 29 heavy (non-hydrogen) atoms. The maximum atomic E-state index is 12.1. The lowest BCUT2D eigenvalue weighted by molar-refractivity contribution is -0.121. The molecule has 0 aliphatic rings. The van der Waals surface area contributed by atoms with E-state index in [4.69, 9.17) is 9.26 Å². The predicted octanol–water partition coefficient (Wildman–Crippen LogP) is 4.29. The van der Waals surface area contributed by atoms with Gasteiger partial charge in [0.25, 0.3) is 0 Å². The Morgan fingerprint density at radius 1 is 1.07 bits per heavy atom. The maximum Gasteiger partial charge on any atom is 0.246 e. The summed E-state index contributed by atoms with van der Waals surface area (Å²) >= 11 is 0. The smallest absolute Gasteiger partial charge is 0.246 e. The molecular weight excluding hydrogens is 366 g/mol. The molecule has 152 valence electrons. The number of aromatic nitrogens is 2. The van der Waals surface area contributed by atoms with Crippen LogP contribution in [0, 0.1) is 0 Å². The molecule has 0 unspecified atom stereocenters. The van der Waals surface area contributed by atoms with Crippen LogP contribution in [0.25, 0.3) is 11.4 Å². The maximum absolute atomic E-state index is 12.1. The lowest BCUT2D eigenvalue weighted by Gasteiger charge is -2.18. The van der Waals surface area contributed by atoms with E-state index in [0.29, 0.717) is 24.6 Å². The van der Waals surface area contributed by atoms with Gasteiger partial charge in [-0.2, -0.15) is 4.98 Å². The number of nitrogens with zero attached hydrogens (tertiary/aromatic N) is 2. The number of carbonyl (C=O) groups excluding carboxylic acids is 1. The normalized spacial score (nSPS) is 11.3. The molecule has 0 spiro atoms. The van der Waals surface area contributed by atoms with Gasteiger partial charge in [-0.05, 0) is 35.1 Å². The second-order valence-corrected chi connectivity index (χ2v) is 7.96. The molecule has 1 heterocycles. The van der Waals surface area contributed by atoms with E-state index in [1.807, 2.05) is 36.4 Å². The fourth-order valence-corrected chi connectivity index (χ4v) is 2.88. The van der Waals surface area contributed by atoms with Gasteiger partial charge in [-0.25, -0.2) is 0 Å². The van der Waals surface area contributed by atoms with Gasteiger partial charge in [0.05, 0.1) is 13.7 Å². The van der Waals surface area contributed by atoms with Crippen LogP contribution in [0.5, 0.6) is 5.75 Å². The number of nitrogens with one attached hydrogen (secondary N) is 1. The first-order valence-electron chi connectivity index (χ1n) is 9.68. The van der Waals surface area contributed by atoms with Crippen molar-refractivity contribution in [2.45, 2.75) is 45.6 Å². The first kappa shape index (κ1) is 20.6. The van der Waals surface area contributed by atoms with E-state index in [1.165, 1.54) is 5.56 Å². The van der Waals surface area contributed by atoms with E-state index in [9.17, 15) is 4.79 Å². The second kappa shape index (κ2) is 8.90. The van der Waals surface area contributed by atoms with E-state index < -0.39 is 0 Å². The van der Waals surface area contributed by atoms with Crippen molar-refractivity contribution in [3.05, 3.63) is 65.5 Å². The minimum Gasteiger partial charge on any atom is -0.497 e. The third-order valence-corrected chi connectivity index (χ3v) is 4.71. The largest absolute Gasteiger partial charge is 0.497 e. The number of rotatable bonds is 7. The van der Waals surface area contributed by atoms with E-state index >= 15 is 0 Å². The fraction of sp³-hybridized carbons (Fsp3) is 0.348. The number of amides is 1. The second-order valence-electron chi connectivity index (χ2n) is 7.96. The highest BCUT2D eigenvalue weighted by Gasteiger charge is 2.15. The zero-order chi connectivity index (χ0) is 20.9. The van der Waals surface area contributed by atoms with Crippen LogP contribution in [0.3, 0.4) is 0 Å².